The van der Waals surface area contributed by atoms with Gasteiger partial charge >= 0.3 is 0 Å². The predicted octanol–water partition coefficient (Wildman–Crippen LogP) is 3.79. The number of nitrogens with zero attached hydrogens (tertiary/aromatic N) is 3. The maximum atomic E-state index is 4.28. The number of rotatable bonds is 6. The molecule has 1 N–H and O–H groups in total. The van der Waals surface area contributed by atoms with Crippen molar-refractivity contribution in [3.63, 3.8) is 0 Å². The third-order valence-electron chi connectivity index (χ3n) is 3.01. The van der Waals surface area contributed by atoms with E-state index in [1.807, 2.05) is 7.05 Å². The SMILES string of the molecule is CCCNC(C)c1ccc(Br)cc1Sc1ncnn1C. The van der Waals surface area contributed by atoms with Gasteiger partial charge < -0.3 is 5.32 Å². The summed E-state index contributed by atoms with van der Waals surface area (Å²) < 4.78 is 2.87. The molecule has 1 atom stereocenters. The maximum absolute atomic E-state index is 4.28. The quantitative estimate of drug-likeness (QED) is 0.856. The molecule has 1 unspecified atom stereocenters. The molecule has 2 aromatic rings. The molecule has 0 fully saturated rings. The van der Waals surface area contributed by atoms with Gasteiger partial charge in [-0.2, -0.15) is 5.10 Å². The lowest BCUT2D eigenvalue weighted by Gasteiger charge is -2.17. The summed E-state index contributed by atoms with van der Waals surface area (Å²) in [4.78, 5) is 5.48. The Morgan fingerprint density at radius 1 is 1.45 bits per heavy atom. The molecule has 1 aromatic carbocycles. The predicted molar refractivity (Wildman–Crippen MR) is 86.0 cm³/mol. The van der Waals surface area contributed by atoms with E-state index in [-0.39, 0.29) is 0 Å². The van der Waals surface area contributed by atoms with Crippen molar-refractivity contribution >= 4 is 27.7 Å². The molecule has 6 heteroatoms. The van der Waals surface area contributed by atoms with Gasteiger partial charge in [-0.25, -0.2) is 9.67 Å². The van der Waals surface area contributed by atoms with Crippen LogP contribution in [0.1, 0.15) is 31.9 Å². The van der Waals surface area contributed by atoms with Crippen LogP contribution in [0.5, 0.6) is 0 Å². The van der Waals surface area contributed by atoms with E-state index in [0.29, 0.717) is 6.04 Å². The molecule has 0 aliphatic heterocycles. The average Bonchev–Trinajstić information content (AvgIpc) is 2.82. The number of nitrogens with one attached hydrogen (secondary N) is 1. The van der Waals surface area contributed by atoms with Crippen LogP contribution in [-0.2, 0) is 7.05 Å². The summed E-state index contributed by atoms with van der Waals surface area (Å²) in [5, 5.41) is 8.54. The van der Waals surface area contributed by atoms with Crippen LogP contribution in [0.3, 0.4) is 0 Å². The minimum absolute atomic E-state index is 0.318. The zero-order valence-corrected chi connectivity index (χ0v) is 14.3. The maximum Gasteiger partial charge on any atom is 0.190 e. The Balaban J connectivity index is 2.26. The summed E-state index contributed by atoms with van der Waals surface area (Å²) in [7, 11) is 1.91. The van der Waals surface area contributed by atoms with Crippen LogP contribution in [0.15, 0.2) is 39.1 Å². The number of aromatic nitrogens is 3. The fourth-order valence-corrected chi connectivity index (χ4v) is 3.44. The van der Waals surface area contributed by atoms with E-state index in [2.05, 4.69) is 63.4 Å². The second-order valence-electron chi connectivity index (χ2n) is 4.63. The van der Waals surface area contributed by atoms with Crippen LogP contribution >= 0.6 is 27.7 Å². The molecule has 20 heavy (non-hydrogen) atoms. The third kappa shape index (κ3) is 3.84. The fraction of sp³-hybridized carbons (Fsp3) is 0.429. The first-order valence-corrected chi connectivity index (χ1v) is 8.27. The minimum Gasteiger partial charge on any atom is -0.310 e. The van der Waals surface area contributed by atoms with Crippen molar-refractivity contribution in [3.05, 3.63) is 34.6 Å². The lowest BCUT2D eigenvalue weighted by Crippen LogP contribution is -2.19. The first kappa shape index (κ1) is 15.5. The molecule has 0 spiro atoms. The first-order chi connectivity index (χ1) is 9.61. The molecule has 0 radical (unpaired) electrons. The summed E-state index contributed by atoms with van der Waals surface area (Å²) in [6.45, 7) is 5.39. The normalized spacial score (nSPS) is 12.6. The molecule has 2 rings (SSSR count). The standard InChI is InChI=1S/C14H19BrN4S/c1-4-7-16-10(2)12-6-5-11(15)8-13(12)20-14-17-9-18-19(14)3/h5-6,8-10,16H,4,7H2,1-3H3. The van der Waals surface area contributed by atoms with Crippen LogP contribution < -0.4 is 5.32 Å². The number of aryl methyl sites for hydroxylation is 1. The van der Waals surface area contributed by atoms with Gasteiger partial charge in [0.15, 0.2) is 5.16 Å². The molecule has 108 valence electrons. The van der Waals surface area contributed by atoms with Gasteiger partial charge in [0, 0.05) is 22.5 Å². The zero-order chi connectivity index (χ0) is 14.5. The van der Waals surface area contributed by atoms with E-state index in [1.54, 1.807) is 22.8 Å². The monoisotopic (exact) mass is 354 g/mol. The largest absolute Gasteiger partial charge is 0.310 e. The molecule has 1 aromatic heterocycles. The van der Waals surface area contributed by atoms with Gasteiger partial charge in [0.05, 0.1) is 0 Å². The van der Waals surface area contributed by atoms with E-state index in [4.69, 9.17) is 0 Å². The van der Waals surface area contributed by atoms with Gasteiger partial charge in [-0.15, -0.1) is 0 Å². The van der Waals surface area contributed by atoms with Gasteiger partial charge in [-0.1, -0.05) is 28.9 Å². The molecule has 1 heterocycles. The van der Waals surface area contributed by atoms with Crippen molar-refractivity contribution < 1.29 is 0 Å². The van der Waals surface area contributed by atoms with Crippen molar-refractivity contribution in [2.24, 2.45) is 7.05 Å². The van der Waals surface area contributed by atoms with E-state index < -0.39 is 0 Å². The van der Waals surface area contributed by atoms with Gasteiger partial charge in [-0.3, -0.25) is 0 Å². The Morgan fingerprint density at radius 3 is 2.90 bits per heavy atom. The number of hydrogen-bond acceptors (Lipinski definition) is 4. The second kappa shape index (κ2) is 7.24. The Morgan fingerprint density at radius 2 is 2.25 bits per heavy atom. The summed E-state index contributed by atoms with van der Waals surface area (Å²) in [6.07, 6.45) is 2.71. The van der Waals surface area contributed by atoms with Crippen molar-refractivity contribution in [1.29, 1.82) is 0 Å². The highest BCUT2D eigenvalue weighted by Gasteiger charge is 2.13. The Kier molecular flexibility index (Phi) is 5.63. The molecular formula is C14H19BrN4S. The molecule has 0 saturated carbocycles. The molecular weight excluding hydrogens is 336 g/mol. The van der Waals surface area contributed by atoms with Crippen molar-refractivity contribution in [2.45, 2.75) is 36.4 Å². The average molecular weight is 355 g/mol. The van der Waals surface area contributed by atoms with Crippen molar-refractivity contribution in [3.8, 4) is 0 Å². The van der Waals surface area contributed by atoms with E-state index in [1.165, 1.54) is 10.5 Å². The van der Waals surface area contributed by atoms with Gasteiger partial charge in [0.2, 0.25) is 0 Å². The van der Waals surface area contributed by atoms with E-state index >= 15 is 0 Å². The van der Waals surface area contributed by atoms with Crippen LogP contribution in [-0.4, -0.2) is 21.3 Å². The van der Waals surface area contributed by atoms with Gasteiger partial charge in [-0.05, 0) is 49.3 Å². The topological polar surface area (TPSA) is 42.7 Å². The first-order valence-electron chi connectivity index (χ1n) is 6.66. The summed E-state index contributed by atoms with van der Waals surface area (Å²) in [5.74, 6) is 0. The zero-order valence-electron chi connectivity index (χ0n) is 11.9. The molecule has 4 nitrogen and oxygen atoms in total. The second-order valence-corrected chi connectivity index (χ2v) is 6.55. The van der Waals surface area contributed by atoms with Crippen molar-refractivity contribution in [2.75, 3.05) is 6.54 Å². The van der Waals surface area contributed by atoms with Gasteiger partial charge in [0.1, 0.15) is 6.33 Å². The lowest BCUT2D eigenvalue weighted by molar-refractivity contribution is 0.563. The summed E-state index contributed by atoms with van der Waals surface area (Å²) >= 11 is 5.19. The Labute approximate surface area is 132 Å². The number of hydrogen-bond donors (Lipinski definition) is 1. The molecule has 0 aliphatic carbocycles. The van der Waals surface area contributed by atoms with Crippen LogP contribution in [0.2, 0.25) is 0 Å². The molecule has 0 saturated heterocycles. The third-order valence-corrected chi connectivity index (χ3v) is 4.63. The summed E-state index contributed by atoms with van der Waals surface area (Å²) in [5.41, 5.74) is 1.29. The Bertz CT molecular complexity index is 570. The highest BCUT2D eigenvalue weighted by Crippen LogP contribution is 2.34. The smallest absolute Gasteiger partial charge is 0.190 e. The fourth-order valence-electron chi connectivity index (χ4n) is 1.90. The molecule has 0 aliphatic rings. The van der Waals surface area contributed by atoms with Gasteiger partial charge in [0.25, 0.3) is 0 Å². The lowest BCUT2D eigenvalue weighted by atomic mass is 10.1. The van der Waals surface area contributed by atoms with Crippen molar-refractivity contribution in [1.82, 2.24) is 20.1 Å². The number of benzene rings is 1. The molecule has 0 bridgehead atoms. The van der Waals surface area contributed by atoms with Crippen LogP contribution in [0.25, 0.3) is 0 Å². The number of halogens is 1. The minimum atomic E-state index is 0.318. The van der Waals surface area contributed by atoms with Crippen LogP contribution in [0, 0.1) is 0 Å². The van der Waals surface area contributed by atoms with E-state index in [0.717, 1.165) is 22.6 Å². The molecule has 0 amide bonds. The van der Waals surface area contributed by atoms with Crippen LogP contribution in [0.4, 0.5) is 0 Å². The highest BCUT2D eigenvalue weighted by molar-refractivity contribution is 9.10. The van der Waals surface area contributed by atoms with E-state index in [9.17, 15) is 0 Å². The highest BCUT2D eigenvalue weighted by atomic mass is 79.9. The summed E-state index contributed by atoms with van der Waals surface area (Å²) in [6, 6.07) is 6.70. The Hall–Kier alpha value is -0.850.